The van der Waals surface area contributed by atoms with Gasteiger partial charge in [-0.25, -0.2) is 0 Å². The first-order chi connectivity index (χ1) is 12.1. The first-order valence-corrected chi connectivity index (χ1v) is 9.38. The molecule has 1 N–H and O–H groups in total. The minimum absolute atomic E-state index is 0.131. The van der Waals surface area contributed by atoms with Crippen molar-refractivity contribution in [2.45, 2.75) is 47.0 Å². The molecule has 0 aliphatic rings. The average Bonchev–Trinajstić information content (AvgIpc) is 2.62. The fourth-order valence-electron chi connectivity index (χ4n) is 2.28. The Morgan fingerprint density at radius 3 is 2.40 bits per heavy atom. The number of esters is 1. The van der Waals surface area contributed by atoms with Crippen molar-refractivity contribution in [2.75, 3.05) is 32.9 Å². The van der Waals surface area contributed by atoms with Gasteiger partial charge in [0.1, 0.15) is 0 Å². The maximum absolute atomic E-state index is 11.6. The number of carbonyl (C=O) groups is 1. The molecule has 1 atom stereocenters. The Balaban J connectivity index is 2.50. The highest BCUT2D eigenvalue weighted by molar-refractivity contribution is 5.72. The maximum Gasteiger partial charge on any atom is 0.309 e. The van der Waals surface area contributed by atoms with Crippen molar-refractivity contribution in [3.63, 3.8) is 0 Å². The summed E-state index contributed by atoms with van der Waals surface area (Å²) in [5, 5.41) is 3.31. The van der Waals surface area contributed by atoms with Crippen LogP contribution >= 0.6 is 0 Å². The molecular weight excluding hydrogens is 318 g/mol. The van der Waals surface area contributed by atoms with Crippen LogP contribution in [0.2, 0.25) is 0 Å². The van der Waals surface area contributed by atoms with E-state index in [0.717, 1.165) is 37.3 Å². The molecule has 0 fully saturated rings. The first-order valence-electron chi connectivity index (χ1n) is 9.38. The zero-order valence-corrected chi connectivity index (χ0v) is 16.1. The molecule has 1 unspecified atom stereocenters. The molecule has 0 aromatic heterocycles. The number of nitrogens with one attached hydrogen (secondary N) is 1. The van der Waals surface area contributed by atoms with E-state index in [2.05, 4.69) is 31.3 Å². The molecule has 25 heavy (non-hydrogen) atoms. The molecule has 0 bridgehead atoms. The minimum Gasteiger partial charge on any atom is -0.490 e. The lowest BCUT2D eigenvalue weighted by molar-refractivity contribution is -0.147. The SMILES string of the molecule is CCCOc1ccc(CCNCC(C)C(=O)OCC)cc1OCCC. The normalized spacial score (nSPS) is 11.8. The highest BCUT2D eigenvalue weighted by Crippen LogP contribution is 2.29. The summed E-state index contributed by atoms with van der Waals surface area (Å²) in [6, 6.07) is 6.11. The van der Waals surface area contributed by atoms with Crippen LogP contribution in [0, 0.1) is 5.92 Å². The van der Waals surface area contributed by atoms with Gasteiger partial charge in [0, 0.05) is 6.54 Å². The predicted molar refractivity (Wildman–Crippen MR) is 100 cm³/mol. The summed E-state index contributed by atoms with van der Waals surface area (Å²) < 4.78 is 16.6. The predicted octanol–water partition coefficient (Wildman–Crippen LogP) is 3.60. The molecule has 0 amide bonds. The Morgan fingerprint density at radius 2 is 1.76 bits per heavy atom. The number of ether oxygens (including phenoxy) is 3. The Labute approximate surface area is 152 Å². The molecule has 1 rings (SSSR count). The lowest BCUT2D eigenvalue weighted by Crippen LogP contribution is -2.29. The van der Waals surface area contributed by atoms with Gasteiger partial charge in [-0.15, -0.1) is 0 Å². The molecule has 0 saturated carbocycles. The molecule has 0 aliphatic heterocycles. The smallest absolute Gasteiger partial charge is 0.309 e. The van der Waals surface area contributed by atoms with Crippen LogP contribution in [0.1, 0.15) is 46.1 Å². The summed E-state index contributed by atoms with van der Waals surface area (Å²) in [7, 11) is 0. The van der Waals surface area contributed by atoms with Crippen molar-refractivity contribution in [1.82, 2.24) is 5.32 Å². The number of hydrogen-bond acceptors (Lipinski definition) is 5. The largest absolute Gasteiger partial charge is 0.490 e. The Bertz CT molecular complexity index is 504. The van der Waals surface area contributed by atoms with Gasteiger partial charge >= 0.3 is 5.97 Å². The average molecular weight is 351 g/mol. The summed E-state index contributed by atoms with van der Waals surface area (Å²) in [4.78, 5) is 11.6. The van der Waals surface area contributed by atoms with Gasteiger partial charge < -0.3 is 19.5 Å². The summed E-state index contributed by atoms with van der Waals surface area (Å²) in [5.41, 5.74) is 1.19. The molecule has 142 valence electrons. The van der Waals surface area contributed by atoms with Crippen LogP contribution in [0.4, 0.5) is 0 Å². The Morgan fingerprint density at radius 1 is 1.08 bits per heavy atom. The third kappa shape index (κ3) is 8.25. The lowest BCUT2D eigenvalue weighted by Gasteiger charge is -2.14. The molecule has 0 aliphatic carbocycles. The van der Waals surface area contributed by atoms with E-state index in [-0.39, 0.29) is 11.9 Å². The van der Waals surface area contributed by atoms with Crippen LogP contribution in [0.5, 0.6) is 11.5 Å². The van der Waals surface area contributed by atoms with E-state index >= 15 is 0 Å². The second kappa shape index (κ2) is 12.6. The quantitative estimate of drug-likeness (QED) is 0.435. The zero-order chi connectivity index (χ0) is 18.5. The van der Waals surface area contributed by atoms with Crippen molar-refractivity contribution < 1.29 is 19.0 Å². The van der Waals surface area contributed by atoms with E-state index < -0.39 is 0 Å². The van der Waals surface area contributed by atoms with Gasteiger partial charge in [0.15, 0.2) is 11.5 Å². The fraction of sp³-hybridized carbons (Fsp3) is 0.650. The van der Waals surface area contributed by atoms with Crippen LogP contribution in [-0.2, 0) is 16.0 Å². The minimum atomic E-state index is -0.150. The fourth-order valence-corrected chi connectivity index (χ4v) is 2.28. The van der Waals surface area contributed by atoms with Crippen molar-refractivity contribution >= 4 is 5.97 Å². The summed E-state index contributed by atoms with van der Waals surface area (Å²) >= 11 is 0. The van der Waals surface area contributed by atoms with Gasteiger partial charge in [0.05, 0.1) is 25.7 Å². The molecule has 0 spiro atoms. The molecule has 1 aromatic carbocycles. The third-order valence-corrected chi connectivity index (χ3v) is 3.66. The highest BCUT2D eigenvalue weighted by Gasteiger charge is 2.13. The summed E-state index contributed by atoms with van der Waals surface area (Å²) in [5.74, 6) is 1.34. The molecule has 0 heterocycles. The molecule has 5 heteroatoms. The number of carbonyl (C=O) groups excluding carboxylic acids is 1. The lowest BCUT2D eigenvalue weighted by atomic mass is 10.1. The van der Waals surface area contributed by atoms with Crippen LogP contribution in [0.3, 0.4) is 0 Å². The van der Waals surface area contributed by atoms with E-state index in [1.54, 1.807) is 0 Å². The highest BCUT2D eigenvalue weighted by atomic mass is 16.5. The van der Waals surface area contributed by atoms with Crippen molar-refractivity contribution in [1.29, 1.82) is 0 Å². The second-order valence-corrected chi connectivity index (χ2v) is 6.09. The summed E-state index contributed by atoms with van der Waals surface area (Å²) in [6.07, 6.45) is 2.80. The van der Waals surface area contributed by atoms with Crippen molar-refractivity contribution in [2.24, 2.45) is 5.92 Å². The van der Waals surface area contributed by atoms with Gasteiger partial charge in [-0.2, -0.15) is 0 Å². The van der Waals surface area contributed by atoms with Crippen LogP contribution in [-0.4, -0.2) is 38.9 Å². The van der Waals surface area contributed by atoms with E-state index in [0.29, 0.717) is 26.4 Å². The second-order valence-electron chi connectivity index (χ2n) is 6.09. The topological polar surface area (TPSA) is 56.8 Å². The van der Waals surface area contributed by atoms with Crippen LogP contribution < -0.4 is 14.8 Å². The molecular formula is C20H33NO4. The number of benzene rings is 1. The van der Waals surface area contributed by atoms with Gasteiger partial charge in [-0.3, -0.25) is 4.79 Å². The van der Waals surface area contributed by atoms with Gasteiger partial charge in [0.2, 0.25) is 0 Å². The Hall–Kier alpha value is -1.75. The van der Waals surface area contributed by atoms with Crippen molar-refractivity contribution in [3.05, 3.63) is 23.8 Å². The van der Waals surface area contributed by atoms with E-state index in [1.807, 2.05) is 19.9 Å². The van der Waals surface area contributed by atoms with Gasteiger partial charge in [0.25, 0.3) is 0 Å². The van der Waals surface area contributed by atoms with E-state index in [9.17, 15) is 4.79 Å². The molecule has 1 aromatic rings. The van der Waals surface area contributed by atoms with Crippen LogP contribution in [0.25, 0.3) is 0 Å². The summed E-state index contributed by atoms with van der Waals surface area (Å²) in [6.45, 7) is 11.1. The van der Waals surface area contributed by atoms with E-state index in [4.69, 9.17) is 14.2 Å². The third-order valence-electron chi connectivity index (χ3n) is 3.66. The monoisotopic (exact) mass is 351 g/mol. The maximum atomic E-state index is 11.6. The Kier molecular flexibility index (Phi) is 10.7. The molecule has 0 saturated heterocycles. The van der Waals surface area contributed by atoms with Gasteiger partial charge in [-0.1, -0.05) is 26.8 Å². The van der Waals surface area contributed by atoms with Crippen molar-refractivity contribution in [3.8, 4) is 11.5 Å². The zero-order valence-electron chi connectivity index (χ0n) is 16.1. The molecule has 0 radical (unpaired) electrons. The standard InChI is InChI=1S/C20H33NO4/c1-5-12-24-18-9-8-17(14-19(18)25-13-6-2)10-11-21-15-16(4)20(22)23-7-3/h8-9,14,16,21H,5-7,10-13,15H2,1-4H3. The number of hydrogen-bond donors (Lipinski definition) is 1. The van der Waals surface area contributed by atoms with Crippen LogP contribution in [0.15, 0.2) is 18.2 Å². The first kappa shape index (κ1) is 21.3. The number of rotatable bonds is 13. The van der Waals surface area contributed by atoms with Gasteiger partial charge in [-0.05, 0) is 50.4 Å². The van der Waals surface area contributed by atoms with E-state index in [1.165, 1.54) is 5.56 Å². The molecule has 5 nitrogen and oxygen atoms in total.